The zero-order valence-electron chi connectivity index (χ0n) is 8.66. The fourth-order valence-corrected chi connectivity index (χ4v) is 1.25. The van der Waals surface area contributed by atoms with Gasteiger partial charge in [0.15, 0.2) is 0 Å². The Labute approximate surface area is 84.7 Å². The molecule has 0 saturated carbocycles. The number of hydrogen-bond donors (Lipinski definition) is 2. The molecule has 82 valence electrons. The molecule has 2 N–H and O–H groups in total. The Kier molecular flexibility index (Phi) is 8.13. The van der Waals surface area contributed by atoms with Crippen molar-refractivity contribution in [1.29, 1.82) is 0 Å². The SMILES string of the molecule is CCC(=O)O.O=CCC1CCNCC1. The van der Waals surface area contributed by atoms with Crippen molar-refractivity contribution >= 4 is 12.3 Å². The van der Waals surface area contributed by atoms with E-state index in [2.05, 4.69) is 5.32 Å². The fraction of sp³-hybridized carbons (Fsp3) is 0.800. The van der Waals surface area contributed by atoms with E-state index in [1.54, 1.807) is 6.92 Å². The van der Waals surface area contributed by atoms with E-state index in [4.69, 9.17) is 5.11 Å². The van der Waals surface area contributed by atoms with E-state index in [9.17, 15) is 9.59 Å². The third-order valence-electron chi connectivity index (χ3n) is 2.19. The molecule has 4 nitrogen and oxygen atoms in total. The van der Waals surface area contributed by atoms with Crippen LogP contribution in [-0.4, -0.2) is 30.5 Å². The molecule has 0 unspecified atom stereocenters. The molecule has 1 aliphatic heterocycles. The molecule has 0 aliphatic carbocycles. The van der Waals surface area contributed by atoms with Crippen LogP contribution in [0.3, 0.4) is 0 Å². The van der Waals surface area contributed by atoms with Crippen LogP contribution in [0, 0.1) is 5.92 Å². The molecule has 1 aliphatic rings. The van der Waals surface area contributed by atoms with Gasteiger partial charge in [-0.1, -0.05) is 6.92 Å². The van der Waals surface area contributed by atoms with Gasteiger partial charge in [-0.2, -0.15) is 0 Å². The lowest BCUT2D eigenvalue weighted by atomic mass is 9.96. The van der Waals surface area contributed by atoms with Crippen molar-refractivity contribution in [3.8, 4) is 0 Å². The molecule has 4 heteroatoms. The average Bonchev–Trinajstić information content (AvgIpc) is 2.21. The molecule has 0 radical (unpaired) electrons. The number of nitrogens with one attached hydrogen (secondary N) is 1. The second-order valence-electron chi connectivity index (χ2n) is 3.34. The highest BCUT2D eigenvalue weighted by molar-refractivity contribution is 5.66. The second kappa shape index (κ2) is 8.69. The van der Waals surface area contributed by atoms with Crippen LogP contribution in [0.1, 0.15) is 32.6 Å². The maximum atomic E-state index is 10.1. The van der Waals surface area contributed by atoms with Crippen LogP contribution >= 0.6 is 0 Å². The number of piperidine rings is 1. The lowest BCUT2D eigenvalue weighted by molar-refractivity contribution is -0.136. The average molecular weight is 201 g/mol. The van der Waals surface area contributed by atoms with E-state index in [0.717, 1.165) is 25.8 Å². The first-order valence-corrected chi connectivity index (χ1v) is 5.06. The van der Waals surface area contributed by atoms with Gasteiger partial charge in [-0.15, -0.1) is 0 Å². The molecule has 0 aromatic heterocycles. The minimum absolute atomic E-state index is 0.222. The Bertz CT molecular complexity index is 165. The first-order chi connectivity index (χ1) is 6.70. The van der Waals surface area contributed by atoms with E-state index in [0.29, 0.717) is 5.92 Å². The number of hydrogen-bond acceptors (Lipinski definition) is 3. The van der Waals surface area contributed by atoms with Crippen LogP contribution in [0.4, 0.5) is 0 Å². The topological polar surface area (TPSA) is 66.4 Å². The van der Waals surface area contributed by atoms with Gasteiger partial charge in [0.05, 0.1) is 0 Å². The fourth-order valence-electron chi connectivity index (χ4n) is 1.25. The van der Waals surface area contributed by atoms with Gasteiger partial charge in [0.1, 0.15) is 6.29 Å². The van der Waals surface area contributed by atoms with Gasteiger partial charge < -0.3 is 15.2 Å². The van der Waals surface area contributed by atoms with E-state index >= 15 is 0 Å². The summed E-state index contributed by atoms with van der Waals surface area (Å²) in [7, 11) is 0. The van der Waals surface area contributed by atoms with Crippen molar-refractivity contribution in [2.75, 3.05) is 13.1 Å². The van der Waals surface area contributed by atoms with Crippen molar-refractivity contribution in [1.82, 2.24) is 5.32 Å². The van der Waals surface area contributed by atoms with Gasteiger partial charge in [0, 0.05) is 12.8 Å². The maximum absolute atomic E-state index is 10.1. The van der Waals surface area contributed by atoms with Gasteiger partial charge in [0.2, 0.25) is 0 Å². The monoisotopic (exact) mass is 201 g/mol. The molecule has 1 saturated heterocycles. The highest BCUT2D eigenvalue weighted by Gasteiger charge is 2.10. The molecule has 0 amide bonds. The van der Waals surface area contributed by atoms with Crippen molar-refractivity contribution in [3.05, 3.63) is 0 Å². The minimum Gasteiger partial charge on any atom is -0.481 e. The number of aliphatic carboxylic acids is 1. The summed E-state index contributed by atoms with van der Waals surface area (Å²) in [4.78, 5) is 19.4. The van der Waals surface area contributed by atoms with Crippen LogP contribution in [0.2, 0.25) is 0 Å². The van der Waals surface area contributed by atoms with E-state index < -0.39 is 5.97 Å². The van der Waals surface area contributed by atoms with Crippen LogP contribution < -0.4 is 5.32 Å². The zero-order chi connectivity index (χ0) is 10.8. The first-order valence-electron chi connectivity index (χ1n) is 5.06. The zero-order valence-corrected chi connectivity index (χ0v) is 8.66. The molecule has 1 rings (SSSR count). The van der Waals surface area contributed by atoms with E-state index in [1.165, 1.54) is 12.8 Å². The van der Waals surface area contributed by atoms with Crippen molar-refractivity contribution in [3.63, 3.8) is 0 Å². The number of rotatable bonds is 3. The van der Waals surface area contributed by atoms with Crippen LogP contribution in [0.25, 0.3) is 0 Å². The van der Waals surface area contributed by atoms with Gasteiger partial charge in [-0.25, -0.2) is 0 Å². The largest absolute Gasteiger partial charge is 0.481 e. The highest BCUT2D eigenvalue weighted by Crippen LogP contribution is 2.13. The number of carbonyl (C=O) groups is 2. The number of carbonyl (C=O) groups excluding carboxylic acids is 1. The van der Waals surface area contributed by atoms with Crippen molar-refractivity contribution < 1.29 is 14.7 Å². The van der Waals surface area contributed by atoms with Gasteiger partial charge in [-0.05, 0) is 31.8 Å². The lowest BCUT2D eigenvalue weighted by Crippen LogP contribution is -2.27. The molecule has 0 atom stereocenters. The number of carboxylic acid groups (broad SMARTS) is 1. The first kappa shape index (κ1) is 13.1. The van der Waals surface area contributed by atoms with Gasteiger partial charge in [-0.3, -0.25) is 4.79 Å². The number of aldehydes is 1. The Morgan fingerprint density at radius 1 is 1.50 bits per heavy atom. The molecule has 0 spiro atoms. The summed E-state index contributed by atoms with van der Waals surface area (Å²) >= 11 is 0. The molecule has 0 aromatic carbocycles. The molecular formula is C10H19NO3. The molecule has 14 heavy (non-hydrogen) atoms. The molecule has 1 heterocycles. The third kappa shape index (κ3) is 7.73. The summed E-state index contributed by atoms with van der Waals surface area (Å²) in [6.07, 6.45) is 4.38. The van der Waals surface area contributed by atoms with Crippen molar-refractivity contribution in [2.45, 2.75) is 32.6 Å². The Morgan fingerprint density at radius 3 is 2.36 bits per heavy atom. The predicted octanol–water partition coefficient (Wildman–Crippen LogP) is 1.06. The van der Waals surface area contributed by atoms with Gasteiger partial charge >= 0.3 is 5.97 Å². The molecule has 1 fully saturated rings. The molecule has 0 aromatic rings. The number of carboxylic acids is 1. The Hall–Kier alpha value is -0.900. The Morgan fingerprint density at radius 2 is 2.00 bits per heavy atom. The smallest absolute Gasteiger partial charge is 0.303 e. The second-order valence-corrected chi connectivity index (χ2v) is 3.34. The Balaban J connectivity index is 0.000000292. The highest BCUT2D eigenvalue weighted by atomic mass is 16.4. The molecular weight excluding hydrogens is 182 g/mol. The summed E-state index contributed by atoms with van der Waals surface area (Å²) in [6, 6.07) is 0. The van der Waals surface area contributed by atoms with E-state index in [1.807, 2.05) is 0 Å². The normalized spacial score (nSPS) is 16.6. The van der Waals surface area contributed by atoms with Crippen LogP contribution in [0.15, 0.2) is 0 Å². The van der Waals surface area contributed by atoms with Crippen LogP contribution in [-0.2, 0) is 9.59 Å². The summed E-state index contributed by atoms with van der Waals surface area (Å²) in [5.74, 6) is -0.0752. The quantitative estimate of drug-likeness (QED) is 0.670. The van der Waals surface area contributed by atoms with Crippen LogP contribution in [0.5, 0.6) is 0 Å². The molecule has 0 bridgehead atoms. The summed E-state index contributed by atoms with van der Waals surface area (Å²) in [5.41, 5.74) is 0. The third-order valence-corrected chi connectivity index (χ3v) is 2.19. The summed E-state index contributed by atoms with van der Waals surface area (Å²) in [6.45, 7) is 3.79. The summed E-state index contributed by atoms with van der Waals surface area (Å²) < 4.78 is 0. The summed E-state index contributed by atoms with van der Waals surface area (Å²) in [5, 5.41) is 11.0. The maximum Gasteiger partial charge on any atom is 0.303 e. The lowest BCUT2D eigenvalue weighted by Gasteiger charge is -2.19. The predicted molar refractivity (Wildman–Crippen MR) is 54.2 cm³/mol. The van der Waals surface area contributed by atoms with Crippen molar-refractivity contribution in [2.24, 2.45) is 5.92 Å². The minimum atomic E-state index is -0.745. The van der Waals surface area contributed by atoms with E-state index in [-0.39, 0.29) is 6.42 Å². The standard InChI is InChI=1S/C7H13NO.C3H6O2/c9-6-3-7-1-4-8-5-2-7;1-2-3(4)5/h6-8H,1-5H2;2H2,1H3,(H,4,5). The van der Waals surface area contributed by atoms with Gasteiger partial charge in [0.25, 0.3) is 0 Å².